The van der Waals surface area contributed by atoms with E-state index in [4.69, 9.17) is 15.1 Å². The minimum atomic E-state index is -2.03. The van der Waals surface area contributed by atoms with Crippen LogP contribution in [0, 0.1) is 17.1 Å². The Morgan fingerprint density at radius 3 is 2.69 bits per heavy atom. The summed E-state index contributed by atoms with van der Waals surface area (Å²) >= 11 is 0. The van der Waals surface area contributed by atoms with Crippen LogP contribution in [0.15, 0.2) is 12.1 Å². The van der Waals surface area contributed by atoms with Crippen molar-refractivity contribution < 1.29 is 24.1 Å². The van der Waals surface area contributed by atoms with E-state index in [1.165, 1.54) is 7.11 Å². The van der Waals surface area contributed by atoms with Crippen LogP contribution in [0.5, 0.6) is 5.75 Å². The molecule has 0 aliphatic carbocycles. The van der Waals surface area contributed by atoms with E-state index in [9.17, 15) is 14.3 Å². The number of carboxylic acid groups (broad SMARTS) is 1. The smallest absolute Gasteiger partial charge is 0.337 e. The SMILES string of the molecule is COc1cc(C#N)cc(F)c1C(O)C(=O)O. The lowest BCUT2D eigenvalue weighted by molar-refractivity contribution is -0.147. The van der Waals surface area contributed by atoms with Crippen molar-refractivity contribution in [2.24, 2.45) is 0 Å². The van der Waals surface area contributed by atoms with Crippen molar-refractivity contribution in [1.29, 1.82) is 5.26 Å². The third-order valence-electron chi connectivity index (χ3n) is 1.95. The molecule has 0 spiro atoms. The van der Waals surface area contributed by atoms with Crippen molar-refractivity contribution in [1.82, 2.24) is 0 Å². The highest BCUT2D eigenvalue weighted by Crippen LogP contribution is 2.29. The summed E-state index contributed by atoms with van der Waals surface area (Å²) in [6, 6.07) is 3.68. The number of hydrogen-bond donors (Lipinski definition) is 2. The molecule has 84 valence electrons. The van der Waals surface area contributed by atoms with E-state index in [2.05, 4.69) is 0 Å². The van der Waals surface area contributed by atoms with Gasteiger partial charge in [-0.3, -0.25) is 0 Å². The van der Waals surface area contributed by atoms with Gasteiger partial charge in [0.15, 0.2) is 6.10 Å². The molecule has 0 radical (unpaired) electrons. The topological polar surface area (TPSA) is 90.5 Å². The number of nitriles is 1. The molecule has 0 aliphatic heterocycles. The van der Waals surface area contributed by atoms with E-state index in [1.54, 1.807) is 6.07 Å². The molecule has 0 aliphatic rings. The van der Waals surface area contributed by atoms with Crippen LogP contribution >= 0.6 is 0 Å². The molecule has 1 aromatic carbocycles. The van der Waals surface area contributed by atoms with E-state index in [0.29, 0.717) is 0 Å². The fourth-order valence-corrected chi connectivity index (χ4v) is 1.21. The molecule has 6 heteroatoms. The van der Waals surface area contributed by atoms with Crippen molar-refractivity contribution >= 4 is 5.97 Å². The number of methoxy groups -OCH3 is 1. The van der Waals surface area contributed by atoms with Gasteiger partial charge < -0.3 is 14.9 Å². The number of aliphatic hydroxyl groups excluding tert-OH is 1. The van der Waals surface area contributed by atoms with Crippen LogP contribution in [-0.2, 0) is 4.79 Å². The van der Waals surface area contributed by atoms with Crippen LogP contribution in [-0.4, -0.2) is 23.3 Å². The van der Waals surface area contributed by atoms with E-state index >= 15 is 0 Å². The molecule has 0 aromatic heterocycles. The van der Waals surface area contributed by atoms with Gasteiger partial charge in [0.25, 0.3) is 0 Å². The van der Waals surface area contributed by atoms with Gasteiger partial charge in [-0.1, -0.05) is 0 Å². The largest absolute Gasteiger partial charge is 0.496 e. The monoisotopic (exact) mass is 225 g/mol. The zero-order chi connectivity index (χ0) is 12.3. The first kappa shape index (κ1) is 11.9. The second kappa shape index (κ2) is 4.59. The summed E-state index contributed by atoms with van der Waals surface area (Å²) in [6.45, 7) is 0. The number of carbonyl (C=O) groups is 1. The van der Waals surface area contributed by atoms with Gasteiger partial charge in [0, 0.05) is 0 Å². The van der Waals surface area contributed by atoms with Crippen LogP contribution in [0.1, 0.15) is 17.2 Å². The van der Waals surface area contributed by atoms with E-state index in [1.807, 2.05) is 0 Å². The summed E-state index contributed by atoms with van der Waals surface area (Å²) in [5, 5.41) is 26.4. The fraction of sp³-hybridized carbons (Fsp3) is 0.200. The van der Waals surface area contributed by atoms with Gasteiger partial charge in [-0.2, -0.15) is 5.26 Å². The maximum atomic E-state index is 13.4. The second-order valence-electron chi connectivity index (χ2n) is 2.93. The Hall–Kier alpha value is -2.13. The van der Waals surface area contributed by atoms with Crippen molar-refractivity contribution in [3.05, 3.63) is 29.1 Å². The Balaban J connectivity index is 3.39. The summed E-state index contributed by atoms with van der Waals surface area (Å²) in [7, 11) is 1.19. The van der Waals surface area contributed by atoms with Crippen LogP contribution in [0.3, 0.4) is 0 Å². The van der Waals surface area contributed by atoms with E-state index in [-0.39, 0.29) is 11.3 Å². The molecule has 1 aromatic rings. The van der Waals surface area contributed by atoms with Crippen LogP contribution in [0.4, 0.5) is 4.39 Å². The van der Waals surface area contributed by atoms with Crippen LogP contribution in [0.2, 0.25) is 0 Å². The highest BCUT2D eigenvalue weighted by molar-refractivity contribution is 5.75. The predicted molar refractivity (Wildman–Crippen MR) is 50.3 cm³/mol. The molecule has 16 heavy (non-hydrogen) atoms. The average molecular weight is 225 g/mol. The zero-order valence-corrected chi connectivity index (χ0v) is 8.27. The average Bonchev–Trinajstić information content (AvgIpc) is 2.26. The summed E-state index contributed by atoms with van der Waals surface area (Å²) in [5.74, 6) is -2.76. The molecule has 2 N–H and O–H groups in total. The Bertz CT molecular complexity index is 467. The fourth-order valence-electron chi connectivity index (χ4n) is 1.21. The summed E-state index contributed by atoms with van der Waals surface area (Å²) in [5.41, 5.74) is -0.510. The molecule has 1 unspecified atom stereocenters. The molecule has 0 heterocycles. The van der Waals surface area contributed by atoms with Crippen molar-refractivity contribution in [2.45, 2.75) is 6.10 Å². The molecule has 0 fully saturated rings. The van der Waals surface area contributed by atoms with Gasteiger partial charge in [0.2, 0.25) is 0 Å². The van der Waals surface area contributed by atoms with Crippen LogP contribution < -0.4 is 4.74 Å². The Morgan fingerprint density at radius 2 is 2.25 bits per heavy atom. The third kappa shape index (κ3) is 2.10. The summed E-state index contributed by atoms with van der Waals surface area (Å²) < 4.78 is 18.2. The number of nitrogens with zero attached hydrogens (tertiary/aromatic N) is 1. The van der Waals surface area contributed by atoms with Gasteiger partial charge in [-0.25, -0.2) is 9.18 Å². The number of ether oxygens (including phenoxy) is 1. The number of hydrogen-bond acceptors (Lipinski definition) is 4. The number of benzene rings is 1. The maximum Gasteiger partial charge on any atom is 0.337 e. The van der Waals surface area contributed by atoms with Gasteiger partial charge in [-0.15, -0.1) is 0 Å². The quantitative estimate of drug-likeness (QED) is 0.794. The third-order valence-corrected chi connectivity index (χ3v) is 1.95. The lowest BCUT2D eigenvalue weighted by atomic mass is 10.0. The molecule has 0 amide bonds. The molecule has 0 saturated carbocycles. The summed E-state index contributed by atoms with van der Waals surface area (Å²) in [4.78, 5) is 10.5. The molecule has 1 rings (SSSR count). The summed E-state index contributed by atoms with van der Waals surface area (Å²) in [6.07, 6.45) is -2.03. The normalized spacial score (nSPS) is 11.6. The van der Waals surface area contributed by atoms with Gasteiger partial charge in [-0.05, 0) is 12.1 Å². The lowest BCUT2D eigenvalue weighted by Gasteiger charge is -2.12. The number of aliphatic hydroxyl groups is 1. The van der Waals surface area contributed by atoms with Gasteiger partial charge >= 0.3 is 5.97 Å². The first-order valence-electron chi connectivity index (χ1n) is 4.19. The van der Waals surface area contributed by atoms with Crippen molar-refractivity contribution in [3.63, 3.8) is 0 Å². The molecular formula is C10H8FNO4. The van der Waals surface area contributed by atoms with Gasteiger partial charge in [0.05, 0.1) is 24.3 Å². The highest BCUT2D eigenvalue weighted by atomic mass is 19.1. The van der Waals surface area contributed by atoms with E-state index < -0.39 is 23.5 Å². The molecule has 1 atom stereocenters. The number of carboxylic acids is 1. The Labute approximate surface area is 90.3 Å². The molecule has 0 saturated heterocycles. The number of halogens is 1. The molecule has 0 bridgehead atoms. The van der Waals surface area contributed by atoms with Crippen molar-refractivity contribution in [3.8, 4) is 11.8 Å². The molecule has 5 nitrogen and oxygen atoms in total. The first-order valence-corrected chi connectivity index (χ1v) is 4.19. The number of aliphatic carboxylic acids is 1. The van der Waals surface area contributed by atoms with Gasteiger partial charge in [0.1, 0.15) is 11.6 Å². The predicted octanol–water partition coefficient (Wildman–Crippen LogP) is 0.824. The minimum Gasteiger partial charge on any atom is -0.496 e. The van der Waals surface area contributed by atoms with Crippen LogP contribution in [0.25, 0.3) is 0 Å². The first-order chi connectivity index (χ1) is 7.51. The lowest BCUT2D eigenvalue weighted by Crippen LogP contribution is -2.13. The number of rotatable bonds is 3. The minimum absolute atomic E-state index is 0.0179. The zero-order valence-electron chi connectivity index (χ0n) is 8.27. The standard InChI is InChI=1S/C10H8FNO4/c1-16-7-3-5(4-12)2-6(11)8(7)9(13)10(14)15/h2-3,9,13H,1H3,(H,14,15). The Morgan fingerprint density at radius 1 is 1.62 bits per heavy atom. The molecular weight excluding hydrogens is 217 g/mol. The Kier molecular flexibility index (Phi) is 3.43. The highest BCUT2D eigenvalue weighted by Gasteiger charge is 2.25. The van der Waals surface area contributed by atoms with E-state index in [0.717, 1.165) is 12.1 Å². The second-order valence-corrected chi connectivity index (χ2v) is 2.93. The maximum absolute atomic E-state index is 13.4. The van der Waals surface area contributed by atoms with Crippen molar-refractivity contribution in [2.75, 3.05) is 7.11 Å².